The molecule has 1 rings (SSSR count). The molecule has 23 heavy (non-hydrogen) atoms. The Morgan fingerprint density at radius 3 is 2.43 bits per heavy atom. The van der Waals surface area contributed by atoms with E-state index in [1.165, 1.54) is 0 Å². The lowest BCUT2D eigenvalue weighted by molar-refractivity contribution is -0.143. The smallest absolute Gasteiger partial charge is 0.251 e. The van der Waals surface area contributed by atoms with Crippen molar-refractivity contribution in [2.24, 2.45) is 11.7 Å². The van der Waals surface area contributed by atoms with E-state index < -0.39 is 6.10 Å². The normalized spacial score (nSPS) is 11.9. The Bertz CT molecular complexity index is 426. The van der Waals surface area contributed by atoms with Crippen molar-refractivity contribution in [3.05, 3.63) is 35.9 Å². The summed E-state index contributed by atoms with van der Waals surface area (Å²) in [6.45, 7) is 8.63. The molecule has 0 aliphatic rings. The molecule has 1 aromatic carbocycles. The van der Waals surface area contributed by atoms with Gasteiger partial charge in [-0.15, -0.1) is 12.4 Å². The van der Waals surface area contributed by atoms with E-state index >= 15 is 0 Å². The number of rotatable bonds is 10. The van der Waals surface area contributed by atoms with Crippen LogP contribution in [-0.2, 0) is 16.1 Å². The molecule has 5 heteroatoms. The zero-order valence-electron chi connectivity index (χ0n) is 14.5. The van der Waals surface area contributed by atoms with Crippen LogP contribution in [0.1, 0.15) is 39.2 Å². The average molecular weight is 343 g/mol. The van der Waals surface area contributed by atoms with Gasteiger partial charge < -0.3 is 15.4 Å². The van der Waals surface area contributed by atoms with Gasteiger partial charge in [0.25, 0.3) is 5.91 Å². The Kier molecular flexibility index (Phi) is 11.7. The number of carbonyl (C=O) groups is 1. The number of hydrogen-bond acceptors (Lipinski definition) is 3. The van der Waals surface area contributed by atoms with Crippen LogP contribution >= 0.6 is 12.4 Å². The van der Waals surface area contributed by atoms with Crippen molar-refractivity contribution in [2.45, 2.75) is 46.3 Å². The number of nitrogens with two attached hydrogens (primary N) is 1. The molecule has 0 spiro atoms. The SMILES string of the molecule is CC(C)CCOC(C)C(=O)N(CCCN)Cc1ccccc1.Cl. The summed E-state index contributed by atoms with van der Waals surface area (Å²) in [5.74, 6) is 0.626. The van der Waals surface area contributed by atoms with Crippen molar-refractivity contribution >= 4 is 18.3 Å². The molecular weight excluding hydrogens is 312 g/mol. The van der Waals surface area contributed by atoms with Crippen LogP contribution in [0.2, 0.25) is 0 Å². The number of hydrogen-bond donors (Lipinski definition) is 1. The van der Waals surface area contributed by atoms with E-state index in [2.05, 4.69) is 13.8 Å². The number of halogens is 1. The fourth-order valence-electron chi connectivity index (χ4n) is 2.16. The molecule has 0 saturated heterocycles. The van der Waals surface area contributed by atoms with Gasteiger partial charge in [-0.2, -0.15) is 0 Å². The maximum atomic E-state index is 12.6. The summed E-state index contributed by atoms with van der Waals surface area (Å²) in [4.78, 5) is 14.4. The highest BCUT2D eigenvalue weighted by atomic mass is 35.5. The first kappa shape index (κ1) is 21.9. The van der Waals surface area contributed by atoms with Gasteiger partial charge in [0.1, 0.15) is 6.10 Å². The summed E-state index contributed by atoms with van der Waals surface area (Å²) in [6.07, 6.45) is 1.37. The van der Waals surface area contributed by atoms with E-state index in [9.17, 15) is 4.79 Å². The molecule has 1 amide bonds. The maximum Gasteiger partial charge on any atom is 0.251 e. The zero-order chi connectivity index (χ0) is 16.4. The summed E-state index contributed by atoms with van der Waals surface area (Å²) in [5, 5.41) is 0. The number of carbonyl (C=O) groups excluding carboxylic acids is 1. The van der Waals surface area contributed by atoms with Crippen molar-refractivity contribution < 1.29 is 9.53 Å². The van der Waals surface area contributed by atoms with Crippen LogP contribution in [0, 0.1) is 5.92 Å². The molecule has 0 radical (unpaired) electrons. The Morgan fingerprint density at radius 2 is 1.87 bits per heavy atom. The van der Waals surface area contributed by atoms with E-state index in [-0.39, 0.29) is 18.3 Å². The van der Waals surface area contributed by atoms with Gasteiger partial charge in [-0.3, -0.25) is 4.79 Å². The molecule has 4 nitrogen and oxygen atoms in total. The Labute approximate surface area is 146 Å². The first-order valence-corrected chi connectivity index (χ1v) is 8.19. The lowest BCUT2D eigenvalue weighted by Crippen LogP contribution is -2.40. The molecule has 1 atom stereocenters. The average Bonchev–Trinajstić information content (AvgIpc) is 2.51. The van der Waals surface area contributed by atoms with Crippen molar-refractivity contribution in [2.75, 3.05) is 19.7 Å². The molecule has 1 unspecified atom stereocenters. The van der Waals surface area contributed by atoms with Gasteiger partial charge in [0.15, 0.2) is 0 Å². The number of ether oxygens (including phenoxy) is 1. The first-order valence-electron chi connectivity index (χ1n) is 8.19. The monoisotopic (exact) mass is 342 g/mol. The second-order valence-electron chi connectivity index (χ2n) is 6.08. The Hall–Kier alpha value is -1.10. The standard InChI is InChI=1S/C18H30N2O2.ClH/c1-15(2)10-13-22-16(3)18(21)20(12-7-11-19)14-17-8-5-4-6-9-17;/h4-6,8-9,15-16H,7,10-14,19H2,1-3H3;1H. The minimum atomic E-state index is -0.403. The van der Waals surface area contributed by atoms with Gasteiger partial charge >= 0.3 is 0 Å². The second kappa shape index (κ2) is 12.3. The summed E-state index contributed by atoms with van der Waals surface area (Å²) in [6, 6.07) is 10.0. The van der Waals surface area contributed by atoms with E-state index in [1.54, 1.807) is 0 Å². The molecule has 0 saturated carbocycles. The first-order chi connectivity index (χ1) is 10.5. The second-order valence-corrected chi connectivity index (χ2v) is 6.08. The third kappa shape index (κ3) is 8.94. The molecule has 0 heterocycles. The summed E-state index contributed by atoms with van der Waals surface area (Å²) < 4.78 is 5.69. The molecular formula is C18H31ClN2O2. The summed E-state index contributed by atoms with van der Waals surface area (Å²) >= 11 is 0. The van der Waals surface area contributed by atoms with E-state index in [0.29, 0.717) is 32.2 Å². The molecule has 0 aliphatic carbocycles. The molecule has 0 bridgehead atoms. The largest absolute Gasteiger partial charge is 0.369 e. The van der Waals surface area contributed by atoms with E-state index in [4.69, 9.17) is 10.5 Å². The number of nitrogens with zero attached hydrogens (tertiary/aromatic N) is 1. The molecule has 0 aromatic heterocycles. The van der Waals surface area contributed by atoms with Crippen LogP contribution in [0.4, 0.5) is 0 Å². The molecule has 1 aromatic rings. The summed E-state index contributed by atoms with van der Waals surface area (Å²) in [5.41, 5.74) is 6.72. The topological polar surface area (TPSA) is 55.6 Å². The van der Waals surface area contributed by atoms with E-state index in [1.807, 2.05) is 42.2 Å². The van der Waals surface area contributed by atoms with Gasteiger partial charge in [-0.05, 0) is 37.8 Å². The highest BCUT2D eigenvalue weighted by molar-refractivity contribution is 5.85. The molecule has 0 aliphatic heterocycles. The lowest BCUT2D eigenvalue weighted by atomic mass is 10.1. The van der Waals surface area contributed by atoms with Crippen LogP contribution in [-0.4, -0.2) is 36.6 Å². The molecule has 0 fully saturated rings. The van der Waals surface area contributed by atoms with E-state index in [0.717, 1.165) is 18.4 Å². The predicted octanol–water partition coefficient (Wildman–Crippen LogP) is 3.24. The van der Waals surface area contributed by atoms with Crippen LogP contribution < -0.4 is 5.73 Å². The number of amides is 1. The van der Waals surface area contributed by atoms with Crippen molar-refractivity contribution in [3.63, 3.8) is 0 Å². The fraction of sp³-hybridized carbons (Fsp3) is 0.611. The quantitative estimate of drug-likeness (QED) is 0.710. The fourth-order valence-corrected chi connectivity index (χ4v) is 2.16. The van der Waals surface area contributed by atoms with Gasteiger partial charge in [-0.1, -0.05) is 44.2 Å². The van der Waals surface area contributed by atoms with Crippen LogP contribution in [0.25, 0.3) is 0 Å². The van der Waals surface area contributed by atoms with Crippen molar-refractivity contribution in [1.29, 1.82) is 0 Å². The van der Waals surface area contributed by atoms with Crippen molar-refractivity contribution in [3.8, 4) is 0 Å². The number of benzene rings is 1. The summed E-state index contributed by atoms with van der Waals surface area (Å²) in [7, 11) is 0. The highest BCUT2D eigenvalue weighted by Gasteiger charge is 2.21. The highest BCUT2D eigenvalue weighted by Crippen LogP contribution is 2.09. The maximum absolute atomic E-state index is 12.6. The molecule has 132 valence electrons. The minimum Gasteiger partial charge on any atom is -0.369 e. The predicted molar refractivity (Wildman–Crippen MR) is 97.6 cm³/mol. The third-order valence-electron chi connectivity index (χ3n) is 3.57. The third-order valence-corrected chi connectivity index (χ3v) is 3.57. The van der Waals surface area contributed by atoms with Crippen LogP contribution in [0.15, 0.2) is 30.3 Å². The van der Waals surface area contributed by atoms with Gasteiger partial charge in [0.2, 0.25) is 0 Å². The Morgan fingerprint density at radius 1 is 1.22 bits per heavy atom. The van der Waals surface area contributed by atoms with Crippen molar-refractivity contribution in [1.82, 2.24) is 4.90 Å². The lowest BCUT2D eigenvalue weighted by Gasteiger charge is -2.26. The van der Waals surface area contributed by atoms with Gasteiger partial charge in [0.05, 0.1) is 0 Å². The molecule has 2 N–H and O–H groups in total. The van der Waals surface area contributed by atoms with Crippen LogP contribution in [0.3, 0.4) is 0 Å². The van der Waals surface area contributed by atoms with Gasteiger partial charge in [0, 0.05) is 19.7 Å². The minimum absolute atomic E-state index is 0. The zero-order valence-corrected chi connectivity index (χ0v) is 15.3. The Balaban J connectivity index is 0.00000484. The van der Waals surface area contributed by atoms with Gasteiger partial charge in [-0.25, -0.2) is 0 Å². The van der Waals surface area contributed by atoms with Crippen LogP contribution in [0.5, 0.6) is 0 Å².